The molecular formula is C26H27N3O5S. The molecule has 4 rings (SSSR count). The van der Waals surface area contributed by atoms with Crippen LogP contribution in [0.1, 0.15) is 12.0 Å². The van der Waals surface area contributed by atoms with E-state index in [9.17, 15) is 18.0 Å². The number of benzene rings is 3. The van der Waals surface area contributed by atoms with Gasteiger partial charge in [0.15, 0.2) is 0 Å². The van der Waals surface area contributed by atoms with Crippen molar-refractivity contribution in [3.63, 3.8) is 0 Å². The summed E-state index contributed by atoms with van der Waals surface area (Å²) in [6.07, 6.45) is 0.106. The molecule has 1 fully saturated rings. The van der Waals surface area contributed by atoms with Gasteiger partial charge in [0.05, 0.1) is 17.9 Å². The Bertz CT molecular complexity index is 1290. The molecule has 1 atom stereocenters. The summed E-state index contributed by atoms with van der Waals surface area (Å²) in [6.45, 7) is 0.524. The van der Waals surface area contributed by atoms with Crippen LogP contribution in [-0.4, -0.2) is 45.2 Å². The summed E-state index contributed by atoms with van der Waals surface area (Å²) in [5, 5.41) is 2.80. The molecule has 0 aromatic heterocycles. The smallest absolute Gasteiger partial charge is 0.243 e. The number of sulfonamides is 1. The Hall–Kier alpha value is -3.69. The number of nitrogens with zero attached hydrogens (tertiary/aromatic N) is 2. The molecule has 3 aromatic carbocycles. The monoisotopic (exact) mass is 493 g/mol. The Kier molecular flexibility index (Phi) is 7.18. The van der Waals surface area contributed by atoms with E-state index in [0.29, 0.717) is 17.1 Å². The minimum atomic E-state index is -3.69. The van der Waals surface area contributed by atoms with Gasteiger partial charge in [0.1, 0.15) is 5.75 Å². The van der Waals surface area contributed by atoms with Crippen molar-refractivity contribution in [1.82, 2.24) is 4.31 Å². The number of ether oxygens (including phenoxy) is 1. The summed E-state index contributed by atoms with van der Waals surface area (Å²) in [5.74, 6) is -0.235. The zero-order valence-corrected chi connectivity index (χ0v) is 20.4. The maximum Gasteiger partial charge on any atom is 0.243 e. The van der Waals surface area contributed by atoms with Crippen LogP contribution in [0.3, 0.4) is 0 Å². The van der Waals surface area contributed by atoms with E-state index in [2.05, 4.69) is 5.32 Å². The third kappa shape index (κ3) is 5.52. The highest BCUT2D eigenvalue weighted by Crippen LogP contribution is 2.28. The van der Waals surface area contributed by atoms with Crippen LogP contribution in [0.5, 0.6) is 5.75 Å². The average molecular weight is 494 g/mol. The van der Waals surface area contributed by atoms with Gasteiger partial charge in [0.2, 0.25) is 21.8 Å². The molecule has 0 saturated carbocycles. The first-order valence-corrected chi connectivity index (χ1v) is 12.6. The summed E-state index contributed by atoms with van der Waals surface area (Å²) in [6, 6.07) is 22.5. The van der Waals surface area contributed by atoms with E-state index in [1.807, 2.05) is 30.3 Å². The molecule has 0 radical (unpaired) electrons. The fraction of sp³-hybridized carbons (Fsp3) is 0.231. The number of methoxy groups -OCH3 is 1. The maximum atomic E-state index is 12.9. The van der Waals surface area contributed by atoms with Crippen LogP contribution < -0.4 is 15.0 Å². The minimum Gasteiger partial charge on any atom is -0.497 e. The Balaban J connectivity index is 1.38. The number of nitrogens with one attached hydrogen (secondary N) is 1. The summed E-state index contributed by atoms with van der Waals surface area (Å²) in [7, 11) is -0.586. The van der Waals surface area contributed by atoms with Crippen LogP contribution in [0.25, 0.3) is 0 Å². The van der Waals surface area contributed by atoms with Crippen molar-refractivity contribution >= 4 is 33.2 Å². The lowest BCUT2D eigenvalue weighted by Crippen LogP contribution is -2.28. The average Bonchev–Trinajstić information content (AvgIpc) is 3.26. The van der Waals surface area contributed by atoms with Gasteiger partial charge < -0.3 is 15.0 Å². The number of carbonyl (C=O) groups is 2. The Morgan fingerprint density at radius 1 is 1.03 bits per heavy atom. The van der Waals surface area contributed by atoms with Crippen molar-refractivity contribution in [2.45, 2.75) is 17.9 Å². The van der Waals surface area contributed by atoms with Gasteiger partial charge in [-0.15, -0.1) is 0 Å². The molecular weight excluding hydrogens is 466 g/mol. The lowest BCUT2D eigenvalue weighted by molar-refractivity contribution is -0.122. The number of hydrogen-bond acceptors (Lipinski definition) is 5. The van der Waals surface area contributed by atoms with Crippen LogP contribution in [0.4, 0.5) is 11.4 Å². The lowest BCUT2D eigenvalue weighted by atomic mass is 10.1. The number of anilines is 2. The van der Waals surface area contributed by atoms with Crippen LogP contribution in [0.2, 0.25) is 0 Å². The standard InChI is InChI=1S/C26H27N3O5S/c1-28(17-19-6-4-3-5-7-19)35(32,33)24-14-8-21(9-15-24)27-26(31)20-16-25(30)29(18-20)22-10-12-23(34-2)13-11-22/h3-15,20H,16-18H2,1-2H3,(H,27,31)/t20-/m1/s1. The van der Waals surface area contributed by atoms with Gasteiger partial charge >= 0.3 is 0 Å². The van der Waals surface area contributed by atoms with E-state index < -0.39 is 15.9 Å². The molecule has 0 unspecified atom stereocenters. The maximum absolute atomic E-state index is 12.9. The zero-order chi connectivity index (χ0) is 25.0. The van der Waals surface area contributed by atoms with Gasteiger partial charge in [-0.2, -0.15) is 4.31 Å². The molecule has 1 N–H and O–H groups in total. The molecule has 35 heavy (non-hydrogen) atoms. The molecule has 3 aromatic rings. The van der Waals surface area contributed by atoms with Crippen molar-refractivity contribution in [1.29, 1.82) is 0 Å². The third-order valence-corrected chi connectivity index (χ3v) is 7.78. The molecule has 9 heteroatoms. The first-order chi connectivity index (χ1) is 16.8. The van der Waals surface area contributed by atoms with Gasteiger partial charge in [-0.25, -0.2) is 8.42 Å². The Labute approximate surface area is 205 Å². The van der Waals surface area contributed by atoms with Crippen molar-refractivity contribution in [3.8, 4) is 5.75 Å². The predicted octanol–water partition coefficient (Wildman–Crippen LogP) is 3.51. The van der Waals surface area contributed by atoms with Gasteiger partial charge in [-0.05, 0) is 54.1 Å². The molecule has 0 bridgehead atoms. The van der Waals surface area contributed by atoms with Crippen molar-refractivity contribution < 1.29 is 22.7 Å². The van der Waals surface area contributed by atoms with Gasteiger partial charge in [0, 0.05) is 37.9 Å². The first-order valence-electron chi connectivity index (χ1n) is 11.1. The van der Waals surface area contributed by atoms with E-state index >= 15 is 0 Å². The normalized spacial score (nSPS) is 15.9. The van der Waals surface area contributed by atoms with Crippen LogP contribution in [0.15, 0.2) is 83.8 Å². The summed E-state index contributed by atoms with van der Waals surface area (Å²) in [4.78, 5) is 27.0. The molecule has 182 valence electrons. The Morgan fingerprint density at radius 2 is 1.69 bits per heavy atom. The molecule has 0 spiro atoms. The van der Waals surface area contributed by atoms with E-state index in [1.54, 1.807) is 48.4 Å². The first kappa shape index (κ1) is 24.4. The molecule has 1 heterocycles. The number of amides is 2. The van der Waals surface area contributed by atoms with E-state index in [-0.39, 0.29) is 36.2 Å². The van der Waals surface area contributed by atoms with E-state index in [4.69, 9.17) is 4.74 Å². The zero-order valence-electron chi connectivity index (χ0n) is 19.5. The summed E-state index contributed by atoms with van der Waals surface area (Å²) < 4.78 is 32.3. The quantitative estimate of drug-likeness (QED) is 0.518. The summed E-state index contributed by atoms with van der Waals surface area (Å²) in [5.41, 5.74) is 2.06. The molecule has 1 saturated heterocycles. The second kappa shape index (κ2) is 10.3. The van der Waals surface area contributed by atoms with E-state index in [1.165, 1.54) is 23.5 Å². The van der Waals surface area contributed by atoms with E-state index in [0.717, 1.165) is 5.56 Å². The highest BCUT2D eigenvalue weighted by Gasteiger charge is 2.35. The van der Waals surface area contributed by atoms with Gasteiger partial charge in [-0.3, -0.25) is 9.59 Å². The number of rotatable bonds is 8. The molecule has 0 aliphatic carbocycles. The van der Waals surface area contributed by atoms with Gasteiger partial charge in [0.25, 0.3) is 0 Å². The second-order valence-corrected chi connectivity index (χ2v) is 10.4. The third-order valence-electron chi connectivity index (χ3n) is 5.96. The molecule has 2 amide bonds. The largest absolute Gasteiger partial charge is 0.497 e. The second-order valence-electron chi connectivity index (χ2n) is 8.36. The summed E-state index contributed by atoms with van der Waals surface area (Å²) >= 11 is 0. The van der Waals surface area contributed by atoms with Gasteiger partial charge in [-0.1, -0.05) is 30.3 Å². The Morgan fingerprint density at radius 3 is 2.31 bits per heavy atom. The van der Waals surface area contributed by atoms with Crippen molar-refractivity contribution in [2.24, 2.45) is 5.92 Å². The minimum absolute atomic E-state index is 0.106. The topological polar surface area (TPSA) is 96.0 Å². The molecule has 8 nitrogen and oxygen atoms in total. The highest BCUT2D eigenvalue weighted by atomic mass is 32.2. The van der Waals surface area contributed by atoms with Crippen molar-refractivity contribution in [3.05, 3.63) is 84.4 Å². The molecule has 1 aliphatic rings. The fourth-order valence-electron chi connectivity index (χ4n) is 3.95. The highest BCUT2D eigenvalue weighted by molar-refractivity contribution is 7.89. The number of hydrogen-bond donors (Lipinski definition) is 1. The molecule has 1 aliphatic heterocycles. The van der Waals surface area contributed by atoms with Crippen LogP contribution in [0, 0.1) is 5.92 Å². The van der Waals surface area contributed by atoms with Crippen LogP contribution in [-0.2, 0) is 26.2 Å². The predicted molar refractivity (Wildman–Crippen MR) is 134 cm³/mol. The lowest BCUT2D eigenvalue weighted by Gasteiger charge is -2.18. The SMILES string of the molecule is COc1ccc(N2C[C@H](C(=O)Nc3ccc(S(=O)(=O)N(C)Cc4ccccc4)cc3)CC2=O)cc1. The number of carbonyl (C=O) groups excluding carboxylic acids is 2. The fourth-order valence-corrected chi connectivity index (χ4v) is 5.11. The van der Waals surface area contributed by atoms with Crippen LogP contribution >= 0.6 is 0 Å². The van der Waals surface area contributed by atoms with Crippen molar-refractivity contribution in [2.75, 3.05) is 30.9 Å².